The molecule has 3 rings (SSSR count). The van der Waals surface area contributed by atoms with Gasteiger partial charge < -0.3 is 9.47 Å². The summed E-state index contributed by atoms with van der Waals surface area (Å²) in [6.45, 7) is 2.70. The monoisotopic (exact) mass is 381 g/mol. The molecule has 1 heterocycles. The number of benzene rings is 2. The van der Waals surface area contributed by atoms with E-state index in [1.807, 2.05) is 24.3 Å². The maximum Gasteiger partial charge on any atom is 0.305 e. The summed E-state index contributed by atoms with van der Waals surface area (Å²) in [4.78, 5) is 37.5. The summed E-state index contributed by atoms with van der Waals surface area (Å²) < 4.78 is 10.7. The number of aryl methyl sites for hydroxylation is 1. The van der Waals surface area contributed by atoms with E-state index < -0.39 is 0 Å². The fourth-order valence-electron chi connectivity index (χ4n) is 3.07. The molecule has 0 atom stereocenters. The van der Waals surface area contributed by atoms with Crippen molar-refractivity contribution in [2.45, 2.75) is 26.2 Å². The van der Waals surface area contributed by atoms with Crippen molar-refractivity contribution in [1.82, 2.24) is 4.90 Å². The van der Waals surface area contributed by atoms with Gasteiger partial charge in [-0.05, 0) is 42.7 Å². The highest BCUT2D eigenvalue weighted by molar-refractivity contribution is 6.21. The van der Waals surface area contributed by atoms with Crippen molar-refractivity contribution in [3.63, 3.8) is 0 Å². The summed E-state index contributed by atoms with van der Waals surface area (Å²) in [7, 11) is 0. The second-order valence-corrected chi connectivity index (χ2v) is 6.48. The quantitative estimate of drug-likeness (QED) is 0.379. The van der Waals surface area contributed by atoms with E-state index in [0.29, 0.717) is 17.5 Å². The van der Waals surface area contributed by atoms with Crippen LogP contribution in [0.3, 0.4) is 0 Å². The lowest BCUT2D eigenvalue weighted by Gasteiger charge is -2.13. The van der Waals surface area contributed by atoms with Gasteiger partial charge in [0, 0.05) is 13.0 Å². The van der Waals surface area contributed by atoms with E-state index in [0.717, 1.165) is 12.2 Å². The highest BCUT2D eigenvalue weighted by atomic mass is 16.6. The van der Waals surface area contributed by atoms with Crippen molar-refractivity contribution in [1.29, 1.82) is 0 Å². The standard InChI is InChI=1S/C22H23NO5/c1-2-16-7-5-8-17(15-16)27-13-14-28-20(24)11-6-12-23-21(25)18-9-3-4-10-19(18)22(23)26/h3-5,7-10,15H,2,6,11-14H2,1H3. The van der Waals surface area contributed by atoms with Crippen LogP contribution in [-0.4, -0.2) is 42.4 Å². The molecule has 0 fully saturated rings. The van der Waals surface area contributed by atoms with Crippen molar-refractivity contribution in [2.24, 2.45) is 0 Å². The first kappa shape index (κ1) is 19.6. The van der Waals surface area contributed by atoms with Gasteiger partial charge in [-0.1, -0.05) is 31.2 Å². The lowest BCUT2D eigenvalue weighted by molar-refractivity contribution is -0.144. The average Bonchev–Trinajstić information content (AvgIpc) is 2.96. The zero-order valence-electron chi connectivity index (χ0n) is 15.8. The Hall–Kier alpha value is -3.15. The van der Waals surface area contributed by atoms with E-state index >= 15 is 0 Å². The van der Waals surface area contributed by atoms with Gasteiger partial charge in [-0.2, -0.15) is 0 Å². The van der Waals surface area contributed by atoms with E-state index in [9.17, 15) is 14.4 Å². The van der Waals surface area contributed by atoms with Crippen LogP contribution in [0, 0.1) is 0 Å². The van der Waals surface area contributed by atoms with Crippen molar-refractivity contribution in [3.8, 4) is 5.75 Å². The molecule has 28 heavy (non-hydrogen) atoms. The van der Waals surface area contributed by atoms with E-state index in [-0.39, 0.29) is 44.0 Å². The molecule has 0 aliphatic carbocycles. The summed E-state index contributed by atoms with van der Waals surface area (Å²) in [6.07, 6.45) is 1.43. The van der Waals surface area contributed by atoms with Crippen LogP contribution in [0.1, 0.15) is 46.0 Å². The maximum atomic E-state index is 12.2. The van der Waals surface area contributed by atoms with Crippen LogP contribution in [0.25, 0.3) is 0 Å². The fourth-order valence-corrected chi connectivity index (χ4v) is 3.07. The van der Waals surface area contributed by atoms with Gasteiger partial charge >= 0.3 is 5.97 Å². The molecule has 146 valence electrons. The minimum atomic E-state index is -0.373. The number of carbonyl (C=O) groups is 3. The summed E-state index contributed by atoms with van der Waals surface area (Å²) >= 11 is 0. The van der Waals surface area contributed by atoms with Crippen LogP contribution < -0.4 is 4.74 Å². The van der Waals surface area contributed by atoms with Crippen LogP contribution in [0.5, 0.6) is 5.75 Å². The molecule has 0 N–H and O–H groups in total. The van der Waals surface area contributed by atoms with Crippen molar-refractivity contribution >= 4 is 17.8 Å². The fraction of sp³-hybridized carbons (Fsp3) is 0.318. The van der Waals surface area contributed by atoms with Gasteiger partial charge in [0.2, 0.25) is 0 Å². The number of nitrogens with zero attached hydrogens (tertiary/aromatic N) is 1. The molecule has 0 spiro atoms. The Kier molecular flexibility index (Phi) is 6.42. The van der Waals surface area contributed by atoms with Crippen molar-refractivity contribution in [3.05, 3.63) is 65.2 Å². The molecule has 6 nitrogen and oxygen atoms in total. The van der Waals surface area contributed by atoms with E-state index in [4.69, 9.17) is 9.47 Å². The Morgan fingerprint density at radius 2 is 1.68 bits per heavy atom. The number of hydrogen-bond donors (Lipinski definition) is 0. The van der Waals surface area contributed by atoms with E-state index in [2.05, 4.69) is 6.92 Å². The number of imide groups is 1. The zero-order valence-corrected chi connectivity index (χ0v) is 15.8. The lowest BCUT2D eigenvalue weighted by atomic mass is 10.1. The minimum Gasteiger partial charge on any atom is -0.490 e. The van der Waals surface area contributed by atoms with Gasteiger partial charge in [0.15, 0.2) is 0 Å². The highest BCUT2D eigenvalue weighted by Crippen LogP contribution is 2.22. The average molecular weight is 381 g/mol. The number of rotatable bonds is 9. The first-order valence-corrected chi connectivity index (χ1v) is 9.42. The summed E-state index contributed by atoms with van der Waals surface area (Å²) in [5.41, 5.74) is 2.02. The van der Waals surface area contributed by atoms with Gasteiger partial charge in [-0.3, -0.25) is 19.3 Å². The first-order chi connectivity index (χ1) is 13.6. The van der Waals surface area contributed by atoms with E-state index in [1.54, 1.807) is 24.3 Å². The molecule has 2 aromatic carbocycles. The third-order valence-electron chi connectivity index (χ3n) is 4.56. The maximum absolute atomic E-state index is 12.2. The summed E-state index contributed by atoms with van der Waals surface area (Å²) in [5.74, 6) is -0.239. The number of carbonyl (C=O) groups excluding carboxylic acids is 3. The number of amides is 2. The second kappa shape index (κ2) is 9.17. The van der Waals surface area contributed by atoms with Crippen LogP contribution in [0.2, 0.25) is 0 Å². The van der Waals surface area contributed by atoms with Crippen LogP contribution in [0.15, 0.2) is 48.5 Å². The molecule has 1 aliphatic rings. The van der Waals surface area contributed by atoms with Gasteiger partial charge in [0.05, 0.1) is 11.1 Å². The molecule has 2 aromatic rings. The molecule has 0 saturated heterocycles. The van der Waals surface area contributed by atoms with Gasteiger partial charge in [0.25, 0.3) is 11.8 Å². The number of fused-ring (bicyclic) bond motifs is 1. The zero-order chi connectivity index (χ0) is 19.9. The third kappa shape index (κ3) is 4.57. The Morgan fingerprint density at radius 3 is 2.36 bits per heavy atom. The molecule has 0 bridgehead atoms. The molecule has 0 unspecified atom stereocenters. The summed E-state index contributed by atoms with van der Waals surface area (Å²) in [5, 5.41) is 0. The SMILES string of the molecule is CCc1cccc(OCCOC(=O)CCCN2C(=O)c3ccccc3C2=O)c1. The Bertz CT molecular complexity index is 842. The topological polar surface area (TPSA) is 72.9 Å². The van der Waals surface area contributed by atoms with E-state index in [1.165, 1.54) is 10.5 Å². The largest absolute Gasteiger partial charge is 0.490 e. The Morgan fingerprint density at radius 1 is 0.964 bits per heavy atom. The smallest absolute Gasteiger partial charge is 0.305 e. The van der Waals surface area contributed by atoms with Crippen LogP contribution >= 0.6 is 0 Å². The molecule has 6 heteroatoms. The molecular weight excluding hydrogens is 358 g/mol. The lowest BCUT2D eigenvalue weighted by Crippen LogP contribution is -2.31. The normalized spacial score (nSPS) is 12.8. The highest BCUT2D eigenvalue weighted by Gasteiger charge is 2.34. The minimum absolute atomic E-state index is 0.138. The second-order valence-electron chi connectivity index (χ2n) is 6.48. The van der Waals surface area contributed by atoms with Crippen LogP contribution in [-0.2, 0) is 16.0 Å². The van der Waals surface area contributed by atoms with Crippen LogP contribution in [0.4, 0.5) is 0 Å². The van der Waals surface area contributed by atoms with Gasteiger partial charge in [0.1, 0.15) is 19.0 Å². The van der Waals surface area contributed by atoms with Gasteiger partial charge in [-0.15, -0.1) is 0 Å². The van der Waals surface area contributed by atoms with Crippen molar-refractivity contribution < 1.29 is 23.9 Å². The Labute approximate surface area is 164 Å². The number of esters is 1. The predicted octanol–water partition coefficient (Wildman–Crippen LogP) is 3.25. The Balaban J connectivity index is 1.35. The molecule has 0 saturated carbocycles. The molecular formula is C22H23NO5. The molecule has 2 amide bonds. The summed E-state index contributed by atoms with van der Waals surface area (Å²) in [6, 6.07) is 14.5. The first-order valence-electron chi connectivity index (χ1n) is 9.42. The predicted molar refractivity (Wildman–Crippen MR) is 103 cm³/mol. The number of ether oxygens (including phenoxy) is 2. The third-order valence-corrected chi connectivity index (χ3v) is 4.56. The van der Waals surface area contributed by atoms with Crippen molar-refractivity contribution in [2.75, 3.05) is 19.8 Å². The molecule has 1 aliphatic heterocycles. The van der Waals surface area contributed by atoms with Gasteiger partial charge in [-0.25, -0.2) is 0 Å². The molecule has 0 radical (unpaired) electrons. The molecule has 0 aromatic heterocycles. The number of hydrogen-bond acceptors (Lipinski definition) is 5.